The van der Waals surface area contributed by atoms with Gasteiger partial charge in [-0.05, 0) is 58.5 Å². The van der Waals surface area contributed by atoms with Crippen molar-refractivity contribution in [3.63, 3.8) is 0 Å². The lowest BCUT2D eigenvalue weighted by Crippen LogP contribution is -2.24. The SMILES string of the molecule is O=C(COc1ccc(Cl)cc1I)N/N=C\c1ccc(Br)cc1. The minimum absolute atomic E-state index is 0.116. The third kappa shape index (κ3) is 5.58. The summed E-state index contributed by atoms with van der Waals surface area (Å²) >= 11 is 11.3. The summed E-state index contributed by atoms with van der Waals surface area (Å²) < 4.78 is 7.24. The zero-order valence-electron chi connectivity index (χ0n) is 11.2. The highest BCUT2D eigenvalue weighted by Gasteiger charge is 2.05. The molecule has 0 saturated carbocycles. The van der Waals surface area contributed by atoms with Crippen LogP contribution < -0.4 is 10.2 Å². The molecule has 7 heteroatoms. The minimum atomic E-state index is -0.334. The summed E-state index contributed by atoms with van der Waals surface area (Å²) in [5.74, 6) is 0.274. The van der Waals surface area contributed by atoms with Crippen LogP contribution in [0.2, 0.25) is 5.02 Å². The van der Waals surface area contributed by atoms with Gasteiger partial charge in [0, 0.05) is 9.50 Å². The first-order valence-electron chi connectivity index (χ1n) is 6.20. The molecular weight excluding hydrogens is 482 g/mol. The van der Waals surface area contributed by atoms with Crippen molar-refractivity contribution in [1.82, 2.24) is 5.43 Å². The fraction of sp³-hybridized carbons (Fsp3) is 0.0667. The van der Waals surface area contributed by atoms with Gasteiger partial charge >= 0.3 is 0 Å². The van der Waals surface area contributed by atoms with Gasteiger partial charge in [-0.1, -0.05) is 39.7 Å². The van der Waals surface area contributed by atoms with Gasteiger partial charge in [0.15, 0.2) is 6.61 Å². The number of nitrogens with one attached hydrogen (secondary N) is 1. The smallest absolute Gasteiger partial charge is 0.277 e. The number of amides is 1. The maximum atomic E-state index is 11.7. The Morgan fingerprint density at radius 2 is 2.05 bits per heavy atom. The Hall–Kier alpha value is -1.12. The van der Waals surface area contributed by atoms with E-state index in [1.54, 1.807) is 24.4 Å². The highest BCUT2D eigenvalue weighted by Crippen LogP contribution is 2.24. The third-order valence-corrected chi connectivity index (χ3v) is 4.13. The summed E-state index contributed by atoms with van der Waals surface area (Å²) in [7, 11) is 0. The van der Waals surface area contributed by atoms with Crippen LogP contribution in [0.15, 0.2) is 52.0 Å². The van der Waals surface area contributed by atoms with Crippen LogP contribution in [-0.4, -0.2) is 18.7 Å². The topological polar surface area (TPSA) is 50.7 Å². The number of carbonyl (C=O) groups excluding carboxylic acids is 1. The van der Waals surface area contributed by atoms with Gasteiger partial charge in [-0.3, -0.25) is 4.79 Å². The van der Waals surface area contributed by atoms with E-state index in [0.717, 1.165) is 13.6 Å². The van der Waals surface area contributed by atoms with Crippen molar-refractivity contribution in [2.75, 3.05) is 6.61 Å². The molecule has 0 aliphatic rings. The van der Waals surface area contributed by atoms with Crippen molar-refractivity contribution in [3.8, 4) is 5.75 Å². The summed E-state index contributed by atoms with van der Waals surface area (Å²) in [5, 5.41) is 4.50. The van der Waals surface area contributed by atoms with Crippen LogP contribution in [0.25, 0.3) is 0 Å². The zero-order valence-corrected chi connectivity index (χ0v) is 15.7. The van der Waals surface area contributed by atoms with E-state index >= 15 is 0 Å². The number of rotatable bonds is 5. The van der Waals surface area contributed by atoms with E-state index < -0.39 is 0 Å². The molecule has 0 saturated heterocycles. The number of nitrogens with zero attached hydrogens (tertiary/aromatic N) is 1. The molecule has 0 unspecified atom stereocenters. The van der Waals surface area contributed by atoms with Gasteiger partial charge in [0.1, 0.15) is 5.75 Å². The number of hydrogen-bond acceptors (Lipinski definition) is 3. The maximum Gasteiger partial charge on any atom is 0.277 e. The second-order valence-corrected chi connectivity index (χ2v) is 6.72. The minimum Gasteiger partial charge on any atom is -0.483 e. The summed E-state index contributed by atoms with van der Waals surface area (Å²) in [6, 6.07) is 12.8. The van der Waals surface area contributed by atoms with Crippen molar-refractivity contribution >= 4 is 62.2 Å². The summed E-state index contributed by atoms with van der Waals surface area (Å²) in [5.41, 5.74) is 3.30. The molecule has 0 bridgehead atoms. The van der Waals surface area contributed by atoms with Crippen molar-refractivity contribution in [2.45, 2.75) is 0 Å². The average molecular weight is 494 g/mol. The van der Waals surface area contributed by atoms with E-state index in [9.17, 15) is 4.79 Å². The highest BCUT2D eigenvalue weighted by molar-refractivity contribution is 14.1. The highest BCUT2D eigenvalue weighted by atomic mass is 127. The molecule has 2 aromatic rings. The van der Waals surface area contributed by atoms with Crippen LogP contribution in [0, 0.1) is 3.57 Å². The van der Waals surface area contributed by atoms with E-state index in [1.807, 2.05) is 24.3 Å². The lowest BCUT2D eigenvalue weighted by molar-refractivity contribution is -0.123. The molecule has 4 nitrogen and oxygen atoms in total. The van der Waals surface area contributed by atoms with Gasteiger partial charge in [0.25, 0.3) is 5.91 Å². The lowest BCUT2D eigenvalue weighted by Gasteiger charge is -2.07. The molecule has 0 aromatic heterocycles. The Morgan fingerprint density at radius 3 is 2.73 bits per heavy atom. The Bertz CT molecular complexity index is 692. The second-order valence-electron chi connectivity index (χ2n) is 4.21. The van der Waals surface area contributed by atoms with Crippen LogP contribution in [0.3, 0.4) is 0 Å². The maximum absolute atomic E-state index is 11.7. The van der Waals surface area contributed by atoms with Gasteiger partial charge in [-0.15, -0.1) is 0 Å². The fourth-order valence-electron chi connectivity index (χ4n) is 1.50. The summed E-state index contributed by atoms with van der Waals surface area (Å²) in [4.78, 5) is 11.7. The molecule has 2 rings (SSSR count). The van der Waals surface area contributed by atoms with Gasteiger partial charge in [-0.2, -0.15) is 5.10 Å². The number of carbonyl (C=O) groups is 1. The van der Waals surface area contributed by atoms with E-state index in [-0.39, 0.29) is 12.5 Å². The monoisotopic (exact) mass is 492 g/mol. The summed E-state index contributed by atoms with van der Waals surface area (Å²) in [6.07, 6.45) is 1.57. The van der Waals surface area contributed by atoms with Crippen molar-refractivity contribution in [1.29, 1.82) is 0 Å². The lowest BCUT2D eigenvalue weighted by atomic mass is 10.2. The number of benzene rings is 2. The van der Waals surface area contributed by atoms with E-state index in [2.05, 4.69) is 49.0 Å². The molecule has 0 aliphatic heterocycles. The first-order valence-corrected chi connectivity index (χ1v) is 8.45. The normalized spacial score (nSPS) is 10.7. The van der Waals surface area contributed by atoms with Crippen LogP contribution in [-0.2, 0) is 4.79 Å². The Morgan fingerprint density at radius 1 is 1.32 bits per heavy atom. The largest absolute Gasteiger partial charge is 0.483 e. The van der Waals surface area contributed by atoms with Gasteiger partial charge in [-0.25, -0.2) is 5.43 Å². The molecule has 0 radical (unpaired) electrons. The number of ether oxygens (including phenoxy) is 1. The predicted molar refractivity (Wildman–Crippen MR) is 99.5 cm³/mol. The molecule has 1 N–H and O–H groups in total. The predicted octanol–water partition coefficient (Wildman–Crippen LogP) is 4.24. The summed E-state index contributed by atoms with van der Waals surface area (Å²) in [6.45, 7) is -0.116. The fourth-order valence-corrected chi connectivity index (χ4v) is 2.79. The molecular formula is C15H11BrClIN2O2. The van der Waals surface area contributed by atoms with Gasteiger partial charge in [0.05, 0.1) is 9.78 Å². The Balaban J connectivity index is 1.81. The van der Waals surface area contributed by atoms with Gasteiger partial charge < -0.3 is 4.74 Å². The first kappa shape index (κ1) is 17.2. The Labute approximate surface area is 155 Å². The number of halogens is 3. The molecule has 0 fully saturated rings. The van der Waals surface area contributed by atoms with Crippen molar-refractivity contribution < 1.29 is 9.53 Å². The second kappa shape index (κ2) is 8.50. The van der Waals surface area contributed by atoms with Crippen LogP contribution in [0.5, 0.6) is 5.75 Å². The molecule has 114 valence electrons. The number of hydrazone groups is 1. The van der Waals surface area contributed by atoms with Crippen LogP contribution >= 0.6 is 50.1 Å². The van der Waals surface area contributed by atoms with Crippen molar-refractivity contribution in [3.05, 3.63) is 61.1 Å². The average Bonchev–Trinajstić information content (AvgIpc) is 2.48. The van der Waals surface area contributed by atoms with E-state index in [1.165, 1.54) is 0 Å². The standard InChI is InChI=1S/C15H11BrClIN2O2/c16-11-3-1-10(2-4-11)8-19-20-15(21)9-22-14-6-5-12(17)7-13(14)18/h1-8H,9H2,(H,20,21)/b19-8-. The van der Waals surface area contributed by atoms with Crippen LogP contribution in [0.1, 0.15) is 5.56 Å². The quantitative estimate of drug-likeness (QED) is 0.385. The molecule has 22 heavy (non-hydrogen) atoms. The van der Waals surface area contributed by atoms with E-state index in [4.69, 9.17) is 16.3 Å². The molecule has 1 amide bonds. The van der Waals surface area contributed by atoms with E-state index in [0.29, 0.717) is 10.8 Å². The molecule has 0 aliphatic carbocycles. The van der Waals surface area contributed by atoms with Crippen molar-refractivity contribution in [2.24, 2.45) is 5.10 Å². The number of hydrogen-bond donors (Lipinski definition) is 1. The van der Waals surface area contributed by atoms with Crippen LogP contribution in [0.4, 0.5) is 0 Å². The first-order chi connectivity index (χ1) is 10.5. The third-order valence-electron chi connectivity index (χ3n) is 2.53. The Kier molecular flexibility index (Phi) is 6.66. The molecule has 0 heterocycles. The molecule has 2 aromatic carbocycles. The molecule has 0 atom stereocenters. The zero-order chi connectivity index (χ0) is 15.9. The van der Waals surface area contributed by atoms with Gasteiger partial charge in [0.2, 0.25) is 0 Å². The molecule has 0 spiro atoms.